The van der Waals surface area contributed by atoms with Crippen LogP contribution in [0, 0.1) is 6.92 Å². The Hall–Kier alpha value is -1.84. The number of hydrogen-bond acceptors (Lipinski definition) is 3. The van der Waals surface area contributed by atoms with Gasteiger partial charge in [0.1, 0.15) is 18.5 Å². The molecule has 1 atom stereocenters. The molecule has 0 fully saturated rings. The zero-order valence-corrected chi connectivity index (χ0v) is 17.5. The Morgan fingerprint density at radius 3 is 2.37 bits per heavy atom. The molecule has 0 radical (unpaired) electrons. The van der Waals surface area contributed by atoms with E-state index < -0.39 is 6.10 Å². The van der Waals surface area contributed by atoms with E-state index in [1.807, 2.05) is 12.1 Å². The normalized spacial score (nSPS) is 13.0. The average molecular weight is 370 g/mol. The molecule has 1 unspecified atom stereocenters. The Kier molecular flexibility index (Phi) is 7.88. The maximum Gasteiger partial charge on any atom is 0.122 e. The summed E-state index contributed by atoms with van der Waals surface area (Å²) in [4.78, 5) is 2.29. The summed E-state index contributed by atoms with van der Waals surface area (Å²) in [5.41, 5.74) is 3.81. The first-order chi connectivity index (χ1) is 12.8. The number of rotatable bonds is 9. The first kappa shape index (κ1) is 21.5. The van der Waals surface area contributed by atoms with E-state index in [9.17, 15) is 5.11 Å². The molecule has 1 N–H and O–H groups in total. The highest BCUT2D eigenvalue weighted by atomic mass is 16.5. The van der Waals surface area contributed by atoms with Gasteiger partial charge in [-0.1, -0.05) is 70.2 Å². The number of nitrogens with zero attached hydrogens (tertiary/aromatic N) is 1. The summed E-state index contributed by atoms with van der Waals surface area (Å²) in [7, 11) is 0. The van der Waals surface area contributed by atoms with Crippen molar-refractivity contribution in [2.45, 2.75) is 59.1 Å². The van der Waals surface area contributed by atoms with Crippen LogP contribution >= 0.6 is 0 Å². The second-order valence-electron chi connectivity index (χ2n) is 8.42. The second-order valence-corrected chi connectivity index (χ2v) is 8.42. The summed E-state index contributed by atoms with van der Waals surface area (Å²) < 4.78 is 5.92. The minimum absolute atomic E-state index is 0.126. The van der Waals surface area contributed by atoms with Crippen molar-refractivity contribution in [3.05, 3.63) is 65.2 Å². The molecule has 0 aliphatic heterocycles. The van der Waals surface area contributed by atoms with Crippen molar-refractivity contribution in [1.29, 1.82) is 0 Å². The Morgan fingerprint density at radius 2 is 1.78 bits per heavy atom. The summed E-state index contributed by atoms with van der Waals surface area (Å²) in [6.45, 7) is 13.6. The number of aryl methyl sites for hydroxylation is 1. The van der Waals surface area contributed by atoms with Crippen LogP contribution in [0.4, 0.5) is 0 Å². The van der Waals surface area contributed by atoms with Gasteiger partial charge in [0, 0.05) is 13.1 Å². The predicted molar refractivity (Wildman–Crippen MR) is 113 cm³/mol. The molecule has 2 aromatic carbocycles. The zero-order chi connectivity index (χ0) is 19.9. The molecule has 27 heavy (non-hydrogen) atoms. The van der Waals surface area contributed by atoms with Gasteiger partial charge < -0.3 is 9.84 Å². The molecule has 2 rings (SSSR count). The van der Waals surface area contributed by atoms with Crippen molar-refractivity contribution in [2.24, 2.45) is 0 Å². The van der Waals surface area contributed by atoms with Crippen molar-refractivity contribution in [1.82, 2.24) is 4.90 Å². The van der Waals surface area contributed by atoms with Gasteiger partial charge in [-0.05, 0) is 48.1 Å². The average Bonchev–Trinajstić information content (AvgIpc) is 2.61. The largest absolute Gasteiger partial charge is 0.491 e. The molecular weight excluding hydrogens is 334 g/mol. The third-order valence-corrected chi connectivity index (χ3v) is 4.73. The van der Waals surface area contributed by atoms with E-state index in [-0.39, 0.29) is 5.41 Å². The number of benzene rings is 2. The smallest absolute Gasteiger partial charge is 0.122 e. The van der Waals surface area contributed by atoms with Gasteiger partial charge in [0.2, 0.25) is 0 Å². The fourth-order valence-corrected chi connectivity index (χ4v) is 3.21. The first-order valence-corrected chi connectivity index (χ1v) is 9.98. The molecule has 0 heterocycles. The lowest BCUT2D eigenvalue weighted by Crippen LogP contribution is -2.35. The standard InChI is InChI=1S/C24H35NO2/c1-6-14-25(16-20-10-8-7-9-11-20)17-22(26)18-27-23-13-12-21(15-19(23)2)24(3,4)5/h7-13,15,22,26H,6,14,16-18H2,1-5H3. The molecule has 0 aliphatic carbocycles. The molecular formula is C24H35NO2. The van der Waals surface area contributed by atoms with Crippen LogP contribution in [0.25, 0.3) is 0 Å². The molecule has 0 aliphatic rings. The van der Waals surface area contributed by atoms with Gasteiger partial charge >= 0.3 is 0 Å². The Morgan fingerprint density at radius 1 is 1.07 bits per heavy atom. The Bertz CT molecular complexity index is 691. The minimum atomic E-state index is -0.512. The molecule has 0 saturated carbocycles. The van der Waals surface area contributed by atoms with E-state index in [0.717, 1.165) is 30.8 Å². The number of aliphatic hydroxyl groups excluding tert-OH is 1. The zero-order valence-electron chi connectivity index (χ0n) is 17.5. The van der Waals surface area contributed by atoms with E-state index in [0.29, 0.717) is 13.2 Å². The molecule has 3 nitrogen and oxygen atoms in total. The van der Waals surface area contributed by atoms with Crippen LogP contribution in [0.2, 0.25) is 0 Å². The quantitative estimate of drug-likeness (QED) is 0.679. The molecule has 0 saturated heterocycles. The third-order valence-electron chi connectivity index (χ3n) is 4.73. The Balaban J connectivity index is 1.91. The van der Waals surface area contributed by atoms with Gasteiger partial charge in [-0.2, -0.15) is 0 Å². The van der Waals surface area contributed by atoms with Gasteiger partial charge in [0.25, 0.3) is 0 Å². The monoisotopic (exact) mass is 369 g/mol. The van der Waals surface area contributed by atoms with Crippen molar-refractivity contribution in [2.75, 3.05) is 19.7 Å². The first-order valence-electron chi connectivity index (χ1n) is 9.98. The fraction of sp³-hybridized carbons (Fsp3) is 0.500. The maximum absolute atomic E-state index is 10.5. The second kappa shape index (κ2) is 9.91. The highest BCUT2D eigenvalue weighted by Crippen LogP contribution is 2.27. The lowest BCUT2D eigenvalue weighted by atomic mass is 9.86. The summed E-state index contributed by atoms with van der Waals surface area (Å²) in [5.74, 6) is 0.854. The van der Waals surface area contributed by atoms with Crippen molar-refractivity contribution < 1.29 is 9.84 Å². The summed E-state index contributed by atoms with van der Waals surface area (Å²) in [6, 6.07) is 16.7. The SMILES string of the molecule is CCCN(Cc1ccccc1)CC(O)COc1ccc(C(C)(C)C)cc1C. The topological polar surface area (TPSA) is 32.7 Å². The number of ether oxygens (including phenoxy) is 1. The minimum Gasteiger partial charge on any atom is -0.491 e. The van der Waals surface area contributed by atoms with Crippen LogP contribution in [0.3, 0.4) is 0 Å². The van der Waals surface area contributed by atoms with E-state index in [4.69, 9.17) is 4.74 Å². The number of hydrogen-bond donors (Lipinski definition) is 1. The van der Waals surface area contributed by atoms with Gasteiger partial charge in [0.15, 0.2) is 0 Å². The van der Waals surface area contributed by atoms with Crippen LogP contribution in [-0.4, -0.2) is 35.8 Å². The highest BCUT2D eigenvalue weighted by molar-refractivity contribution is 5.38. The maximum atomic E-state index is 10.5. The van der Waals surface area contributed by atoms with Crippen molar-refractivity contribution in [3.8, 4) is 5.75 Å². The fourth-order valence-electron chi connectivity index (χ4n) is 3.21. The molecule has 0 spiro atoms. The van der Waals surface area contributed by atoms with Crippen LogP contribution in [0.5, 0.6) is 5.75 Å². The predicted octanol–water partition coefficient (Wildman–Crippen LogP) is 4.94. The summed E-state index contributed by atoms with van der Waals surface area (Å²) >= 11 is 0. The molecule has 0 aromatic heterocycles. The third kappa shape index (κ3) is 7.00. The van der Waals surface area contributed by atoms with Gasteiger partial charge in [-0.25, -0.2) is 0 Å². The lowest BCUT2D eigenvalue weighted by molar-refractivity contribution is 0.0653. The number of aliphatic hydroxyl groups is 1. The van der Waals surface area contributed by atoms with E-state index in [2.05, 4.69) is 75.9 Å². The highest BCUT2D eigenvalue weighted by Gasteiger charge is 2.16. The molecule has 2 aromatic rings. The van der Waals surface area contributed by atoms with Crippen molar-refractivity contribution >= 4 is 0 Å². The summed E-state index contributed by atoms with van der Waals surface area (Å²) in [6.07, 6.45) is 0.551. The van der Waals surface area contributed by atoms with Crippen LogP contribution in [0.15, 0.2) is 48.5 Å². The molecule has 148 valence electrons. The van der Waals surface area contributed by atoms with Crippen LogP contribution in [-0.2, 0) is 12.0 Å². The Labute approximate surface area is 165 Å². The van der Waals surface area contributed by atoms with Crippen LogP contribution in [0.1, 0.15) is 50.8 Å². The molecule has 3 heteroatoms. The van der Waals surface area contributed by atoms with E-state index in [1.165, 1.54) is 11.1 Å². The van der Waals surface area contributed by atoms with E-state index in [1.54, 1.807) is 0 Å². The molecule has 0 amide bonds. The van der Waals surface area contributed by atoms with Crippen molar-refractivity contribution in [3.63, 3.8) is 0 Å². The van der Waals surface area contributed by atoms with E-state index >= 15 is 0 Å². The molecule has 0 bridgehead atoms. The lowest BCUT2D eigenvalue weighted by Gasteiger charge is -2.25. The van der Waals surface area contributed by atoms with Gasteiger partial charge in [0.05, 0.1) is 0 Å². The summed E-state index contributed by atoms with van der Waals surface area (Å²) in [5, 5.41) is 10.5. The van der Waals surface area contributed by atoms with Crippen LogP contribution < -0.4 is 4.74 Å². The van der Waals surface area contributed by atoms with Gasteiger partial charge in [-0.3, -0.25) is 4.90 Å². The van der Waals surface area contributed by atoms with Gasteiger partial charge in [-0.15, -0.1) is 0 Å².